The van der Waals surface area contributed by atoms with Crippen molar-refractivity contribution in [3.05, 3.63) is 42.9 Å². The van der Waals surface area contributed by atoms with Crippen LogP contribution in [0.1, 0.15) is 37.9 Å². The Bertz CT molecular complexity index is 737. The highest BCUT2D eigenvalue weighted by atomic mass is 16.3. The second-order valence-corrected chi connectivity index (χ2v) is 6.27. The molecule has 0 unspecified atom stereocenters. The van der Waals surface area contributed by atoms with Gasteiger partial charge in [0.2, 0.25) is 0 Å². The van der Waals surface area contributed by atoms with E-state index >= 15 is 0 Å². The Labute approximate surface area is 135 Å². The fraction of sp³-hybridized carbons (Fsp3) is 0.471. The highest BCUT2D eigenvalue weighted by molar-refractivity contribution is 5.46. The maximum absolute atomic E-state index is 5.96. The normalized spacial score (nSPS) is 16.0. The van der Waals surface area contributed by atoms with Crippen LogP contribution in [0, 0.1) is 5.92 Å². The largest absolute Gasteiger partial charge is 0.456 e. The van der Waals surface area contributed by atoms with Gasteiger partial charge in [0.25, 0.3) is 0 Å². The molecule has 0 saturated heterocycles. The molecule has 23 heavy (non-hydrogen) atoms. The van der Waals surface area contributed by atoms with E-state index < -0.39 is 0 Å². The van der Waals surface area contributed by atoms with Crippen molar-refractivity contribution in [2.45, 2.75) is 45.2 Å². The van der Waals surface area contributed by atoms with Gasteiger partial charge in [-0.05, 0) is 30.9 Å². The monoisotopic (exact) mass is 311 g/mol. The van der Waals surface area contributed by atoms with Crippen molar-refractivity contribution < 1.29 is 4.42 Å². The topological polar surface area (TPSA) is 61.7 Å². The Morgan fingerprint density at radius 3 is 2.91 bits per heavy atom. The summed E-state index contributed by atoms with van der Waals surface area (Å²) in [5.74, 6) is 3.22. The van der Waals surface area contributed by atoms with Crippen molar-refractivity contribution in [1.82, 2.24) is 24.3 Å². The number of furan rings is 1. The van der Waals surface area contributed by atoms with E-state index in [1.165, 1.54) is 32.1 Å². The lowest BCUT2D eigenvalue weighted by molar-refractivity contribution is 0.308. The van der Waals surface area contributed by atoms with Gasteiger partial charge < -0.3 is 8.98 Å². The van der Waals surface area contributed by atoms with Crippen LogP contribution in [0.25, 0.3) is 11.6 Å². The third kappa shape index (κ3) is 3.21. The standard InChI is InChI=1S/C17H21N5O/c1-2-4-14(5-3-1)10-22-17(19-12-20-22)16-7-6-15(23-16)11-21-9-8-18-13-21/h6-9,12-14H,1-5,10-11H2. The van der Waals surface area contributed by atoms with Gasteiger partial charge >= 0.3 is 0 Å². The van der Waals surface area contributed by atoms with Gasteiger partial charge in [-0.2, -0.15) is 5.10 Å². The summed E-state index contributed by atoms with van der Waals surface area (Å²) in [6, 6.07) is 3.97. The van der Waals surface area contributed by atoms with E-state index in [-0.39, 0.29) is 0 Å². The first-order chi connectivity index (χ1) is 11.4. The average molecular weight is 311 g/mol. The molecule has 0 N–H and O–H groups in total. The molecule has 120 valence electrons. The highest BCUT2D eigenvalue weighted by Crippen LogP contribution is 2.27. The summed E-state index contributed by atoms with van der Waals surface area (Å²) in [7, 11) is 0. The highest BCUT2D eigenvalue weighted by Gasteiger charge is 2.18. The van der Waals surface area contributed by atoms with E-state index in [0.717, 1.165) is 23.9 Å². The molecule has 0 atom stereocenters. The first-order valence-corrected chi connectivity index (χ1v) is 8.31. The third-order valence-electron chi connectivity index (χ3n) is 4.55. The molecular weight excluding hydrogens is 290 g/mol. The van der Waals surface area contributed by atoms with Gasteiger partial charge in [-0.25, -0.2) is 14.6 Å². The Hall–Kier alpha value is -2.37. The number of nitrogens with zero attached hydrogens (tertiary/aromatic N) is 5. The van der Waals surface area contributed by atoms with Gasteiger partial charge in [-0.15, -0.1) is 0 Å². The fourth-order valence-corrected chi connectivity index (χ4v) is 3.35. The maximum atomic E-state index is 5.96. The summed E-state index contributed by atoms with van der Waals surface area (Å²) in [5.41, 5.74) is 0. The predicted octanol–water partition coefficient (Wildman–Crippen LogP) is 3.36. The first-order valence-electron chi connectivity index (χ1n) is 8.31. The molecule has 0 radical (unpaired) electrons. The van der Waals surface area contributed by atoms with Crippen molar-refractivity contribution in [3.8, 4) is 11.6 Å². The summed E-state index contributed by atoms with van der Waals surface area (Å²) in [5, 5.41) is 4.40. The zero-order valence-electron chi connectivity index (χ0n) is 13.1. The van der Waals surface area contributed by atoms with Crippen LogP contribution < -0.4 is 0 Å². The molecule has 1 aliphatic carbocycles. The van der Waals surface area contributed by atoms with Gasteiger partial charge in [-0.1, -0.05) is 19.3 Å². The lowest BCUT2D eigenvalue weighted by Crippen LogP contribution is -2.15. The van der Waals surface area contributed by atoms with Crippen LogP contribution >= 0.6 is 0 Å². The quantitative estimate of drug-likeness (QED) is 0.725. The van der Waals surface area contributed by atoms with Crippen LogP contribution in [-0.2, 0) is 13.1 Å². The second-order valence-electron chi connectivity index (χ2n) is 6.27. The Morgan fingerprint density at radius 2 is 2.09 bits per heavy atom. The summed E-state index contributed by atoms with van der Waals surface area (Å²) in [6.45, 7) is 1.61. The third-order valence-corrected chi connectivity index (χ3v) is 4.55. The molecule has 0 bridgehead atoms. The molecule has 3 aromatic heterocycles. The van der Waals surface area contributed by atoms with Crippen LogP contribution in [0.3, 0.4) is 0 Å². The van der Waals surface area contributed by atoms with Crippen LogP contribution in [-0.4, -0.2) is 24.3 Å². The van der Waals surface area contributed by atoms with Gasteiger partial charge in [0.05, 0.1) is 12.9 Å². The summed E-state index contributed by atoms with van der Waals surface area (Å²) in [6.07, 6.45) is 13.7. The molecule has 4 rings (SSSR count). The number of imidazole rings is 1. The number of hydrogen-bond donors (Lipinski definition) is 0. The first kappa shape index (κ1) is 14.2. The number of rotatable bonds is 5. The van der Waals surface area contributed by atoms with Crippen LogP contribution in [0.2, 0.25) is 0 Å². The zero-order chi connectivity index (χ0) is 15.5. The van der Waals surface area contributed by atoms with Gasteiger partial charge in [0.15, 0.2) is 11.6 Å². The van der Waals surface area contributed by atoms with Crippen molar-refractivity contribution >= 4 is 0 Å². The molecule has 3 heterocycles. The minimum atomic E-state index is 0.677. The van der Waals surface area contributed by atoms with Crippen LogP contribution in [0.15, 0.2) is 41.6 Å². The molecule has 6 heteroatoms. The molecule has 0 aromatic carbocycles. The van der Waals surface area contributed by atoms with Crippen molar-refractivity contribution in [2.24, 2.45) is 5.92 Å². The molecule has 1 fully saturated rings. The minimum Gasteiger partial charge on any atom is -0.456 e. The van der Waals surface area contributed by atoms with E-state index in [1.807, 2.05) is 27.6 Å². The molecule has 0 amide bonds. The molecule has 0 aliphatic heterocycles. The van der Waals surface area contributed by atoms with Crippen LogP contribution in [0.4, 0.5) is 0 Å². The predicted molar refractivity (Wildman–Crippen MR) is 85.6 cm³/mol. The van der Waals surface area contributed by atoms with Gasteiger partial charge in [0.1, 0.15) is 12.1 Å². The fourth-order valence-electron chi connectivity index (χ4n) is 3.35. The average Bonchev–Trinajstić information content (AvgIpc) is 3.30. The lowest BCUT2D eigenvalue weighted by Gasteiger charge is -2.21. The van der Waals surface area contributed by atoms with Gasteiger partial charge in [-0.3, -0.25) is 0 Å². The van der Waals surface area contributed by atoms with E-state index in [2.05, 4.69) is 15.1 Å². The Balaban J connectivity index is 1.50. The van der Waals surface area contributed by atoms with Crippen LogP contribution in [0.5, 0.6) is 0 Å². The number of hydrogen-bond acceptors (Lipinski definition) is 4. The molecule has 1 saturated carbocycles. The molecule has 0 spiro atoms. The van der Waals surface area contributed by atoms with E-state index in [0.29, 0.717) is 12.5 Å². The van der Waals surface area contributed by atoms with Crippen molar-refractivity contribution in [3.63, 3.8) is 0 Å². The molecule has 3 aromatic rings. The van der Waals surface area contributed by atoms with E-state index in [1.54, 1.807) is 18.9 Å². The maximum Gasteiger partial charge on any atom is 0.194 e. The van der Waals surface area contributed by atoms with Crippen molar-refractivity contribution in [1.29, 1.82) is 0 Å². The van der Waals surface area contributed by atoms with Crippen molar-refractivity contribution in [2.75, 3.05) is 0 Å². The number of aromatic nitrogens is 5. The molecule has 6 nitrogen and oxygen atoms in total. The molecule has 1 aliphatic rings. The Kier molecular flexibility index (Phi) is 3.96. The second kappa shape index (κ2) is 6.40. The Morgan fingerprint density at radius 1 is 1.17 bits per heavy atom. The smallest absolute Gasteiger partial charge is 0.194 e. The zero-order valence-corrected chi connectivity index (χ0v) is 13.1. The SMILES string of the molecule is c1cn(Cc2ccc(-c3ncnn3CC3CCCCC3)o2)cn1. The molecular formula is C17H21N5O. The van der Waals surface area contributed by atoms with E-state index in [9.17, 15) is 0 Å². The summed E-state index contributed by atoms with van der Waals surface area (Å²) in [4.78, 5) is 8.45. The minimum absolute atomic E-state index is 0.677. The summed E-state index contributed by atoms with van der Waals surface area (Å²) >= 11 is 0. The summed E-state index contributed by atoms with van der Waals surface area (Å²) < 4.78 is 9.94. The van der Waals surface area contributed by atoms with Gasteiger partial charge in [0, 0.05) is 18.9 Å². The lowest BCUT2D eigenvalue weighted by atomic mass is 9.89. The van der Waals surface area contributed by atoms with E-state index in [4.69, 9.17) is 4.42 Å².